The first-order valence-corrected chi connectivity index (χ1v) is 11.5. The molecule has 158 valence electrons. The van der Waals surface area contributed by atoms with Crippen LogP contribution in [-0.4, -0.2) is 5.78 Å². The Bertz CT molecular complexity index is 1140. The first kappa shape index (κ1) is 21.7. The Hall–Kier alpha value is -2.56. The summed E-state index contributed by atoms with van der Waals surface area (Å²) in [4.78, 5) is 12.7. The van der Waals surface area contributed by atoms with Crippen molar-refractivity contribution >= 4 is 37.6 Å². The smallest absolute Gasteiger partial charge is 0.205 e. The SMILES string of the molecule is Cc1ccc(COc2c(Br)cc([C@H]3C(C#N)=C(N)OC4=C3C(=O)CCC4)cc2Br)cc1. The number of allylic oxidation sites excluding steroid dienone is 3. The van der Waals surface area contributed by atoms with Crippen molar-refractivity contribution in [1.29, 1.82) is 5.26 Å². The molecule has 4 rings (SSSR count). The highest BCUT2D eigenvalue weighted by Gasteiger charge is 2.38. The number of hydrogen-bond acceptors (Lipinski definition) is 5. The molecule has 1 heterocycles. The van der Waals surface area contributed by atoms with Gasteiger partial charge in [-0.3, -0.25) is 4.79 Å². The molecular weight excluding hydrogens is 524 g/mol. The van der Waals surface area contributed by atoms with E-state index in [-0.39, 0.29) is 17.2 Å². The summed E-state index contributed by atoms with van der Waals surface area (Å²) in [7, 11) is 0. The number of carbonyl (C=O) groups is 1. The van der Waals surface area contributed by atoms with Gasteiger partial charge in [0, 0.05) is 18.4 Å². The fourth-order valence-electron chi connectivity index (χ4n) is 3.91. The van der Waals surface area contributed by atoms with Crippen LogP contribution in [0.5, 0.6) is 5.75 Å². The van der Waals surface area contributed by atoms with E-state index in [0.717, 1.165) is 26.5 Å². The molecule has 0 spiro atoms. The number of Topliss-reactive ketones (excluding diaryl/α,β-unsaturated/α-hetero) is 1. The average molecular weight is 544 g/mol. The molecule has 5 nitrogen and oxygen atoms in total. The number of aryl methyl sites for hydroxylation is 1. The van der Waals surface area contributed by atoms with E-state index in [1.54, 1.807) is 0 Å². The topological polar surface area (TPSA) is 85.3 Å². The van der Waals surface area contributed by atoms with Crippen molar-refractivity contribution in [3.8, 4) is 11.8 Å². The maximum absolute atomic E-state index is 12.7. The van der Waals surface area contributed by atoms with Crippen LogP contribution in [0.25, 0.3) is 0 Å². The van der Waals surface area contributed by atoms with Gasteiger partial charge in [0.1, 0.15) is 29.8 Å². The van der Waals surface area contributed by atoms with Crippen molar-refractivity contribution in [3.05, 3.63) is 84.8 Å². The van der Waals surface area contributed by atoms with Gasteiger partial charge in [-0.1, -0.05) is 29.8 Å². The lowest BCUT2D eigenvalue weighted by molar-refractivity contribution is -0.116. The van der Waals surface area contributed by atoms with Crippen molar-refractivity contribution in [1.82, 2.24) is 0 Å². The number of ketones is 1. The summed E-state index contributed by atoms with van der Waals surface area (Å²) in [6.07, 6.45) is 1.80. The Labute approximate surface area is 197 Å². The lowest BCUT2D eigenvalue weighted by atomic mass is 9.77. The van der Waals surface area contributed by atoms with Crippen LogP contribution in [-0.2, 0) is 16.1 Å². The first-order chi connectivity index (χ1) is 14.9. The Balaban J connectivity index is 1.69. The number of halogens is 2. The van der Waals surface area contributed by atoms with Crippen molar-refractivity contribution in [2.75, 3.05) is 0 Å². The van der Waals surface area contributed by atoms with Gasteiger partial charge in [-0.25, -0.2) is 0 Å². The second-order valence-electron chi connectivity index (χ2n) is 7.63. The molecule has 31 heavy (non-hydrogen) atoms. The molecule has 0 saturated heterocycles. The summed E-state index contributed by atoms with van der Waals surface area (Å²) in [5.74, 6) is 0.729. The summed E-state index contributed by atoms with van der Waals surface area (Å²) < 4.78 is 13.1. The van der Waals surface area contributed by atoms with E-state index in [2.05, 4.69) is 37.9 Å². The molecule has 2 aliphatic rings. The van der Waals surface area contributed by atoms with Gasteiger partial charge in [0.25, 0.3) is 0 Å². The predicted molar refractivity (Wildman–Crippen MR) is 124 cm³/mol. The number of carbonyl (C=O) groups excluding carboxylic acids is 1. The summed E-state index contributed by atoms with van der Waals surface area (Å²) in [6, 6.07) is 14.0. The lowest BCUT2D eigenvalue weighted by Gasteiger charge is -2.31. The molecule has 7 heteroatoms. The van der Waals surface area contributed by atoms with Gasteiger partial charge in [0.05, 0.1) is 14.9 Å². The number of hydrogen-bond donors (Lipinski definition) is 1. The molecule has 0 fully saturated rings. The number of nitrogens with two attached hydrogens (primary N) is 1. The quantitative estimate of drug-likeness (QED) is 0.517. The summed E-state index contributed by atoms with van der Waals surface area (Å²) in [5, 5.41) is 9.74. The van der Waals surface area contributed by atoms with Crippen molar-refractivity contribution in [3.63, 3.8) is 0 Å². The van der Waals surface area contributed by atoms with Gasteiger partial charge < -0.3 is 15.2 Å². The van der Waals surface area contributed by atoms with Crippen molar-refractivity contribution < 1.29 is 14.3 Å². The first-order valence-electron chi connectivity index (χ1n) is 9.90. The van der Waals surface area contributed by atoms with Gasteiger partial charge in [-0.05, 0) is 68.5 Å². The molecule has 2 N–H and O–H groups in total. The fraction of sp³-hybridized carbons (Fsp3) is 0.250. The molecule has 0 radical (unpaired) electrons. The highest BCUT2D eigenvalue weighted by molar-refractivity contribution is 9.11. The molecule has 1 atom stereocenters. The number of rotatable bonds is 4. The molecule has 1 aliphatic heterocycles. The summed E-state index contributed by atoms with van der Waals surface area (Å²) >= 11 is 7.18. The van der Waals surface area contributed by atoms with Crippen LogP contribution in [0.3, 0.4) is 0 Å². The van der Waals surface area contributed by atoms with Gasteiger partial charge in [0.2, 0.25) is 5.88 Å². The standard InChI is InChI=1S/C24H20Br2N2O3/c1-13-5-7-14(8-6-13)12-30-23-17(25)9-15(10-18(23)26)21-16(11-27)24(28)31-20-4-2-3-19(29)22(20)21/h5-10,21H,2-4,12,28H2,1H3/t21-/m0/s1. The minimum absolute atomic E-state index is 0.00144. The molecular formula is C24H20Br2N2O3. The monoisotopic (exact) mass is 542 g/mol. The molecule has 0 bridgehead atoms. The van der Waals surface area contributed by atoms with Gasteiger partial charge in [-0.2, -0.15) is 5.26 Å². The van der Waals surface area contributed by atoms with Crippen LogP contribution in [0, 0.1) is 18.3 Å². The zero-order chi connectivity index (χ0) is 22.1. The Morgan fingerprint density at radius 2 is 1.87 bits per heavy atom. The second kappa shape index (κ2) is 8.89. The molecule has 1 aliphatic carbocycles. The molecule has 0 amide bonds. The number of benzene rings is 2. The highest BCUT2D eigenvalue weighted by Crippen LogP contribution is 2.46. The largest absolute Gasteiger partial charge is 0.487 e. The minimum Gasteiger partial charge on any atom is -0.487 e. The minimum atomic E-state index is -0.555. The Morgan fingerprint density at radius 3 is 2.52 bits per heavy atom. The van der Waals surface area contributed by atoms with Crippen LogP contribution in [0.1, 0.15) is 41.9 Å². The van der Waals surface area contributed by atoms with Crippen LogP contribution >= 0.6 is 31.9 Å². The van der Waals surface area contributed by atoms with E-state index in [9.17, 15) is 10.1 Å². The maximum Gasteiger partial charge on any atom is 0.205 e. The van der Waals surface area contributed by atoms with E-state index < -0.39 is 5.92 Å². The van der Waals surface area contributed by atoms with E-state index >= 15 is 0 Å². The lowest BCUT2D eigenvalue weighted by Crippen LogP contribution is -2.27. The Kier molecular flexibility index (Phi) is 6.22. The second-order valence-corrected chi connectivity index (χ2v) is 9.34. The third-order valence-electron chi connectivity index (χ3n) is 5.46. The summed E-state index contributed by atoms with van der Waals surface area (Å²) in [5.41, 5.74) is 9.84. The van der Waals surface area contributed by atoms with E-state index in [1.165, 1.54) is 5.56 Å². The zero-order valence-corrected chi connectivity index (χ0v) is 20.0. The molecule has 2 aromatic rings. The molecule has 0 unspecified atom stereocenters. The normalized spacial score (nSPS) is 18.4. The van der Waals surface area contributed by atoms with Crippen LogP contribution in [0.4, 0.5) is 0 Å². The maximum atomic E-state index is 12.7. The fourth-order valence-corrected chi connectivity index (χ4v) is 5.36. The van der Waals surface area contributed by atoms with Crippen molar-refractivity contribution in [2.45, 2.75) is 38.7 Å². The number of nitriles is 1. The molecule has 2 aromatic carbocycles. The zero-order valence-electron chi connectivity index (χ0n) is 16.9. The third kappa shape index (κ3) is 4.28. The Morgan fingerprint density at radius 1 is 1.19 bits per heavy atom. The van der Waals surface area contributed by atoms with Crippen LogP contribution in [0.15, 0.2) is 68.1 Å². The molecule has 0 aromatic heterocycles. The molecule has 0 saturated carbocycles. The van der Waals surface area contributed by atoms with Gasteiger partial charge in [-0.15, -0.1) is 0 Å². The van der Waals surface area contributed by atoms with Crippen LogP contribution in [0.2, 0.25) is 0 Å². The van der Waals surface area contributed by atoms with E-state index in [4.69, 9.17) is 15.2 Å². The van der Waals surface area contributed by atoms with Crippen molar-refractivity contribution in [2.24, 2.45) is 5.73 Å². The number of nitrogens with zero attached hydrogens (tertiary/aromatic N) is 1. The predicted octanol–water partition coefficient (Wildman–Crippen LogP) is 5.91. The van der Waals surface area contributed by atoms with E-state index in [1.807, 2.05) is 43.3 Å². The third-order valence-corrected chi connectivity index (χ3v) is 6.64. The van der Waals surface area contributed by atoms with E-state index in [0.29, 0.717) is 36.5 Å². The van der Waals surface area contributed by atoms with Gasteiger partial charge >= 0.3 is 0 Å². The average Bonchev–Trinajstić information content (AvgIpc) is 2.73. The van der Waals surface area contributed by atoms with Crippen LogP contribution < -0.4 is 10.5 Å². The van der Waals surface area contributed by atoms with Gasteiger partial charge in [0.15, 0.2) is 5.78 Å². The summed E-state index contributed by atoms with van der Waals surface area (Å²) in [6.45, 7) is 2.46. The highest BCUT2D eigenvalue weighted by atomic mass is 79.9. The number of ether oxygens (including phenoxy) is 2.